The number of ether oxygens (including phenoxy) is 2. The van der Waals surface area contributed by atoms with E-state index in [4.69, 9.17) is 15.2 Å². The molecule has 0 unspecified atom stereocenters. The molecule has 7 N–H and O–H groups in total. The Kier molecular flexibility index (Phi) is 16.3. The van der Waals surface area contributed by atoms with Crippen LogP contribution < -0.4 is 15.5 Å². The molecule has 0 saturated heterocycles. The molecule has 0 fully saturated rings. The summed E-state index contributed by atoms with van der Waals surface area (Å²) in [6.07, 6.45) is 0. The molecule has 15 heteroatoms. The van der Waals surface area contributed by atoms with Crippen LogP contribution in [0.15, 0.2) is 10.4 Å². The summed E-state index contributed by atoms with van der Waals surface area (Å²) >= 11 is 0. The summed E-state index contributed by atoms with van der Waals surface area (Å²) in [6, 6.07) is 0. The molecule has 3 aromatic rings. The van der Waals surface area contributed by atoms with E-state index in [9.17, 15) is 9.81 Å². The van der Waals surface area contributed by atoms with Crippen molar-refractivity contribution >= 4 is 17.1 Å². The quantitative estimate of drug-likeness (QED) is 0.297. The third kappa shape index (κ3) is 9.26. The second-order valence-corrected chi connectivity index (χ2v) is 7.65. The molecule has 0 saturated carbocycles. The molecule has 0 atom stereocenters. The Balaban J connectivity index is 0. The van der Waals surface area contributed by atoms with Gasteiger partial charge in [-0.2, -0.15) is 15.3 Å². The lowest BCUT2D eigenvalue weighted by atomic mass is 10.3. The fourth-order valence-electron chi connectivity index (χ4n) is 3.11. The Morgan fingerprint density at radius 1 is 0.972 bits per heavy atom. The van der Waals surface area contributed by atoms with E-state index < -0.39 is 0 Å². The Morgan fingerprint density at radius 3 is 1.92 bits per heavy atom. The highest BCUT2D eigenvalue weighted by Gasteiger charge is 2.19. The number of nitrogen functional groups attached to an aromatic ring is 1. The maximum atomic E-state index is 10.4. The summed E-state index contributed by atoms with van der Waals surface area (Å²) in [5.74, 6) is 0. The Morgan fingerprint density at radius 2 is 1.56 bits per heavy atom. The minimum absolute atomic E-state index is 0. The molecule has 0 amide bonds. The number of aryl methyl sites for hydroxylation is 4. The van der Waals surface area contributed by atoms with Crippen molar-refractivity contribution in [2.45, 2.75) is 54.6 Å². The van der Waals surface area contributed by atoms with Gasteiger partial charge >= 0.3 is 0 Å². The first-order valence-electron chi connectivity index (χ1n) is 10.7. The number of anilines is 1. The van der Waals surface area contributed by atoms with Gasteiger partial charge in [0.05, 0.1) is 30.2 Å². The predicted molar refractivity (Wildman–Crippen MR) is 132 cm³/mol. The van der Waals surface area contributed by atoms with Gasteiger partial charge in [0.1, 0.15) is 18.0 Å². The number of nitrogens with two attached hydrogens (primary N) is 1. The zero-order chi connectivity index (χ0) is 25.8. The molecule has 15 nitrogen and oxygen atoms in total. The van der Waals surface area contributed by atoms with Gasteiger partial charge in [0.15, 0.2) is 6.54 Å². The maximum Gasteiger partial charge on any atom is 0.234 e. The van der Waals surface area contributed by atoms with Gasteiger partial charge in [-0.3, -0.25) is 4.68 Å². The largest absolute Gasteiger partial charge is 0.870 e. The smallest absolute Gasteiger partial charge is 0.234 e. The van der Waals surface area contributed by atoms with Crippen LogP contribution in [-0.2, 0) is 22.6 Å². The predicted octanol–water partition coefficient (Wildman–Crippen LogP) is 2.18. The van der Waals surface area contributed by atoms with Gasteiger partial charge in [-0.25, -0.2) is 0 Å². The van der Waals surface area contributed by atoms with Crippen molar-refractivity contribution in [2.75, 3.05) is 33.2 Å². The zero-order valence-corrected chi connectivity index (χ0v) is 22.2. The minimum Gasteiger partial charge on any atom is -0.870 e. The average Bonchev–Trinajstić information content (AvgIpc) is 3.38. The molecule has 0 radical (unpaired) electrons. The molecule has 0 aliphatic rings. The van der Waals surface area contributed by atoms with E-state index >= 15 is 0 Å². The summed E-state index contributed by atoms with van der Waals surface area (Å²) in [4.78, 5) is 20.4. The van der Waals surface area contributed by atoms with Gasteiger partial charge in [-0.05, 0) is 38.0 Å². The molecule has 0 bridgehead atoms. The van der Waals surface area contributed by atoms with Gasteiger partial charge in [0.25, 0.3) is 0 Å². The standard InChI is InChI=1S/C8H13N3O2.C8H15N3O.C5H7N3O.2H2O/c1-6-8(10-12)7(2)11(9-6)4-5-13-3;1-6-8(9)7(2)11(10-6)4-5-12-3;1-3-5(8-9)4(2)7-6-3;;/h4-5H2,1-3H3;4-5,9H2,1-3H3;1-2H3,(H,6,7);2*1H2. The van der Waals surface area contributed by atoms with Crippen LogP contribution in [0.1, 0.15) is 34.2 Å². The molecule has 0 aromatic carbocycles. The van der Waals surface area contributed by atoms with Crippen LogP contribution in [0, 0.1) is 51.4 Å². The van der Waals surface area contributed by atoms with Crippen LogP contribution in [0.4, 0.5) is 17.1 Å². The number of nitroso groups, excluding NO2 is 2. The van der Waals surface area contributed by atoms with Gasteiger partial charge in [-0.15, -0.1) is 19.6 Å². The molecular weight excluding hydrogens is 474 g/mol. The van der Waals surface area contributed by atoms with Gasteiger partial charge in [0.2, 0.25) is 22.8 Å². The van der Waals surface area contributed by atoms with E-state index in [0.717, 1.165) is 46.4 Å². The molecule has 0 spiro atoms. The van der Waals surface area contributed by atoms with Gasteiger partial charge in [0, 0.05) is 28.1 Å². The molecule has 0 aliphatic heterocycles. The SMILES string of the molecule is COCC[n+]1[nH]c(C)c(N=O)c1C.COCCn1nc(C)c(N)c1C.Cc1[nH][nH+]c(C)c1N=O.[OH-].[OH-]. The Hall–Kier alpha value is -3.53. The third-order valence-electron chi connectivity index (χ3n) is 5.20. The van der Waals surface area contributed by atoms with Crippen molar-refractivity contribution in [1.82, 2.24) is 20.0 Å². The Bertz CT molecular complexity index is 1060. The Labute approximate surface area is 209 Å². The number of hydrogen-bond donors (Lipinski definition) is 3. The van der Waals surface area contributed by atoms with Crippen molar-refractivity contribution in [2.24, 2.45) is 10.4 Å². The number of H-pyrrole nitrogens is 3. The number of hydrogen-bond acceptors (Lipinski definition) is 10. The highest BCUT2D eigenvalue weighted by Crippen LogP contribution is 2.18. The van der Waals surface area contributed by atoms with Crippen molar-refractivity contribution in [3.05, 3.63) is 44.0 Å². The number of aromatic nitrogens is 6. The number of nitrogens with zero attached hydrogens (tertiary/aromatic N) is 5. The first kappa shape index (κ1) is 34.6. The number of rotatable bonds is 8. The topological polar surface area (TPSA) is 231 Å². The van der Waals surface area contributed by atoms with Crippen LogP contribution in [0.25, 0.3) is 0 Å². The lowest BCUT2D eigenvalue weighted by molar-refractivity contribution is -0.756. The van der Waals surface area contributed by atoms with Crippen molar-refractivity contribution in [3.8, 4) is 0 Å². The normalized spacial score (nSPS) is 9.67. The first-order valence-corrected chi connectivity index (χ1v) is 10.7. The van der Waals surface area contributed by atoms with Crippen LogP contribution >= 0.6 is 0 Å². The molecule has 36 heavy (non-hydrogen) atoms. The molecule has 3 rings (SSSR count). The lowest BCUT2D eigenvalue weighted by Gasteiger charge is -2.02. The second kappa shape index (κ2) is 17.0. The number of nitrogens with one attached hydrogen (secondary N) is 3. The summed E-state index contributed by atoms with van der Waals surface area (Å²) in [6.45, 7) is 13.9. The summed E-state index contributed by atoms with van der Waals surface area (Å²) in [5, 5.41) is 18.6. The van der Waals surface area contributed by atoms with E-state index in [-0.39, 0.29) is 11.0 Å². The summed E-state index contributed by atoms with van der Waals surface area (Å²) < 4.78 is 13.6. The van der Waals surface area contributed by atoms with Crippen LogP contribution in [0.2, 0.25) is 0 Å². The number of methoxy groups -OCH3 is 2. The molecule has 3 aromatic heterocycles. The number of aromatic amines is 3. The van der Waals surface area contributed by atoms with Crippen LogP contribution in [0.5, 0.6) is 0 Å². The van der Waals surface area contributed by atoms with Gasteiger partial charge in [-0.1, -0.05) is 0 Å². The minimum atomic E-state index is 0. The fourth-order valence-corrected chi connectivity index (χ4v) is 3.11. The monoisotopic (exact) mass is 513 g/mol. The van der Waals surface area contributed by atoms with E-state index in [1.165, 1.54) is 0 Å². The zero-order valence-electron chi connectivity index (χ0n) is 22.2. The van der Waals surface area contributed by atoms with E-state index in [0.29, 0.717) is 31.1 Å². The molecule has 204 valence electrons. The molecule has 0 aliphatic carbocycles. The molecule has 3 heterocycles. The molecular formula is C21H39N9O6. The van der Waals surface area contributed by atoms with E-state index in [2.05, 4.69) is 30.7 Å². The highest BCUT2D eigenvalue weighted by atomic mass is 16.5. The van der Waals surface area contributed by atoms with Crippen LogP contribution in [0.3, 0.4) is 0 Å². The van der Waals surface area contributed by atoms with Crippen molar-refractivity contribution in [1.29, 1.82) is 0 Å². The maximum absolute atomic E-state index is 10.4. The van der Waals surface area contributed by atoms with Gasteiger partial charge < -0.3 is 26.2 Å². The van der Waals surface area contributed by atoms with Crippen LogP contribution in [-0.4, -0.2) is 58.4 Å². The third-order valence-corrected chi connectivity index (χ3v) is 5.20. The highest BCUT2D eigenvalue weighted by molar-refractivity contribution is 5.46. The summed E-state index contributed by atoms with van der Waals surface area (Å²) in [5.41, 5.74) is 12.6. The van der Waals surface area contributed by atoms with E-state index in [1.807, 2.05) is 37.1 Å². The lowest BCUT2D eigenvalue weighted by Crippen LogP contribution is -2.40. The first-order chi connectivity index (χ1) is 16.1. The average molecular weight is 514 g/mol. The second-order valence-electron chi connectivity index (χ2n) is 7.65. The van der Waals surface area contributed by atoms with Crippen molar-refractivity contribution in [3.63, 3.8) is 0 Å². The van der Waals surface area contributed by atoms with E-state index in [1.54, 1.807) is 28.1 Å². The summed E-state index contributed by atoms with van der Waals surface area (Å²) in [7, 11) is 3.32. The fraction of sp³-hybridized carbons (Fsp3) is 0.571. The van der Waals surface area contributed by atoms with Crippen molar-refractivity contribution < 1.29 is 30.2 Å².